The van der Waals surface area contributed by atoms with E-state index in [0.29, 0.717) is 30.1 Å². The van der Waals surface area contributed by atoms with Crippen LogP contribution in [0.2, 0.25) is 0 Å². The number of amides is 2. The molecule has 1 unspecified atom stereocenters. The van der Waals surface area contributed by atoms with Crippen molar-refractivity contribution in [3.8, 4) is 12.3 Å². The van der Waals surface area contributed by atoms with E-state index in [-0.39, 0.29) is 17.7 Å². The summed E-state index contributed by atoms with van der Waals surface area (Å²) < 4.78 is 5.15. The van der Waals surface area contributed by atoms with Gasteiger partial charge in [-0.25, -0.2) is 0 Å². The number of anilines is 1. The second-order valence-electron chi connectivity index (χ2n) is 5.78. The number of carbonyl (C=O) groups excluding carboxylic acids is 2. The number of nitrogens with one attached hydrogen (secondary N) is 1. The maximum atomic E-state index is 12.5. The molecule has 1 saturated heterocycles. The van der Waals surface area contributed by atoms with Crippen LogP contribution < -0.4 is 5.32 Å². The second-order valence-corrected chi connectivity index (χ2v) is 5.78. The Bertz CT molecular complexity index is 774. The van der Waals surface area contributed by atoms with Crippen LogP contribution in [0.25, 0.3) is 0 Å². The standard InChI is InChI=1S/C19H18N2O3/c1-2-14-6-3-8-16(12-14)20-18(22)15-7-4-10-21(13-15)19(23)17-9-5-11-24-17/h1,3,5-6,8-9,11-12,15H,4,7,10,13H2,(H,20,22). The van der Waals surface area contributed by atoms with Crippen molar-refractivity contribution in [2.45, 2.75) is 12.8 Å². The summed E-state index contributed by atoms with van der Waals surface area (Å²) in [7, 11) is 0. The summed E-state index contributed by atoms with van der Waals surface area (Å²) in [6.07, 6.45) is 8.39. The first-order valence-electron chi connectivity index (χ1n) is 7.87. The van der Waals surface area contributed by atoms with Gasteiger partial charge in [-0.15, -0.1) is 6.42 Å². The zero-order valence-corrected chi connectivity index (χ0v) is 13.2. The van der Waals surface area contributed by atoms with Gasteiger partial charge in [-0.05, 0) is 43.2 Å². The van der Waals surface area contributed by atoms with Crippen LogP contribution in [0.1, 0.15) is 29.0 Å². The number of hydrogen-bond donors (Lipinski definition) is 1. The zero-order valence-electron chi connectivity index (χ0n) is 13.2. The Kier molecular flexibility index (Phi) is 4.66. The molecule has 1 aliphatic heterocycles. The van der Waals surface area contributed by atoms with Crippen LogP contribution in [0, 0.1) is 18.3 Å². The summed E-state index contributed by atoms with van der Waals surface area (Å²) in [5.74, 6) is 2.33. The predicted octanol–water partition coefficient (Wildman–Crippen LogP) is 2.75. The van der Waals surface area contributed by atoms with Gasteiger partial charge in [0.2, 0.25) is 5.91 Å². The van der Waals surface area contributed by atoms with Gasteiger partial charge in [0.15, 0.2) is 5.76 Å². The smallest absolute Gasteiger partial charge is 0.289 e. The molecular weight excluding hydrogens is 304 g/mol. The molecule has 0 bridgehead atoms. The lowest BCUT2D eigenvalue weighted by molar-refractivity contribution is -0.121. The fourth-order valence-electron chi connectivity index (χ4n) is 2.86. The van der Waals surface area contributed by atoms with E-state index in [1.807, 2.05) is 0 Å². The molecule has 0 radical (unpaired) electrons. The molecule has 5 heteroatoms. The SMILES string of the molecule is C#Cc1cccc(NC(=O)C2CCCN(C(=O)c3ccco3)C2)c1. The number of nitrogens with zero attached hydrogens (tertiary/aromatic N) is 1. The van der Waals surface area contributed by atoms with Crippen molar-refractivity contribution in [1.82, 2.24) is 4.90 Å². The molecule has 1 aliphatic rings. The normalized spacial score (nSPS) is 17.1. The Morgan fingerprint density at radius 1 is 1.29 bits per heavy atom. The largest absolute Gasteiger partial charge is 0.459 e. The molecule has 3 rings (SSSR count). The third kappa shape index (κ3) is 3.49. The van der Waals surface area contributed by atoms with Gasteiger partial charge in [0, 0.05) is 24.3 Å². The van der Waals surface area contributed by atoms with Gasteiger partial charge >= 0.3 is 0 Å². The number of carbonyl (C=O) groups is 2. The predicted molar refractivity (Wildman–Crippen MR) is 90.3 cm³/mol. The molecule has 2 heterocycles. The lowest BCUT2D eigenvalue weighted by atomic mass is 9.96. The van der Waals surface area contributed by atoms with Crippen LogP contribution in [0.5, 0.6) is 0 Å². The summed E-state index contributed by atoms with van der Waals surface area (Å²) in [6.45, 7) is 1.02. The van der Waals surface area contributed by atoms with Crippen LogP contribution in [0.4, 0.5) is 5.69 Å². The van der Waals surface area contributed by atoms with Crippen molar-refractivity contribution < 1.29 is 14.0 Å². The topological polar surface area (TPSA) is 62.6 Å². The first-order valence-corrected chi connectivity index (χ1v) is 7.87. The van der Waals surface area contributed by atoms with Crippen molar-refractivity contribution in [3.63, 3.8) is 0 Å². The van der Waals surface area contributed by atoms with E-state index in [0.717, 1.165) is 12.8 Å². The van der Waals surface area contributed by atoms with Gasteiger partial charge in [0.1, 0.15) is 0 Å². The summed E-state index contributed by atoms with van der Waals surface area (Å²) in [4.78, 5) is 26.5. The highest BCUT2D eigenvalue weighted by Gasteiger charge is 2.29. The van der Waals surface area contributed by atoms with Gasteiger partial charge in [0.05, 0.1) is 12.2 Å². The van der Waals surface area contributed by atoms with Gasteiger partial charge in [0.25, 0.3) is 5.91 Å². The zero-order chi connectivity index (χ0) is 16.9. The van der Waals surface area contributed by atoms with E-state index >= 15 is 0 Å². The summed E-state index contributed by atoms with van der Waals surface area (Å²) >= 11 is 0. The highest BCUT2D eigenvalue weighted by Crippen LogP contribution is 2.21. The lowest BCUT2D eigenvalue weighted by Gasteiger charge is -2.31. The molecule has 122 valence electrons. The first kappa shape index (κ1) is 15.9. The van der Waals surface area contributed by atoms with Gasteiger partial charge in [-0.3, -0.25) is 9.59 Å². The summed E-state index contributed by atoms with van der Waals surface area (Å²) in [5, 5.41) is 2.88. The summed E-state index contributed by atoms with van der Waals surface area (Å²) in [6, 6.07) is 10.5. The van der Waals surface area contributed by atoms with Gasteiger partial charge in [-0.2, -0.15) is 0 Å². The number of terminal acetylenes is 1. The Hall–Kier alpha value is -3.00. The van der Waals surface area contributed by atoms with E-state index in [4.69, 9.17) is 10.8 Å². The molecule has 1 atom stereocenters. The summed E-state index contributed by atoms with van der Waals surface area (Å²) in [5.41, 5.74) is 1.39. The lowest BCUT2D eigenvalue weighted by Crippen LogP contribution is -2.43. The molecular formula is C19H18N2O3. The maximum Gasteiger partial charge on any atom is 0.289 e. The highest BCUT2D eigenvalue weighted by atomic mass is 16.3. The number of furan rings is 1. The Labute approximate surface area is 140 Å². The number of rotatable bonds is 3. The van der Waals surface area contributed by atoms with Crippen LogP contribution in [0.15, 0.2) is 47.1 Å². The van der Waals surface area contributed by atoms with Gasteiger partial charge < -0.3 is 14.6 Å². The van der Waals surface area contributed by atoms with E-state index in [2.05, 4.69) is 11.2 Å². The van der Waals surface area contributed by atoms with Crippen LogP contribution in [-0.4, -0.2) is 29.8 Å². The van der Waals surface area contributed by atoms with E-state index in [1.54, 1.807) is 41.3 Å². The average molecular weight is 322 g/mol. The van der Waals surface area contributed by atoms with Crippen LogP contribution in [0.3, 0.4) is 0 Å². The minimum atomic E-state index is -0.243. The first-order chi connectivity index (χ1) is 11.7. The number of piperidine rings is 1. The van der Waals surface area contributed by atoms with E-state index in [1.165, 1.54) is 6.26 Å². The molecule has 2 amide bonds. The molecule has 24 heavy (non-hydrogen) atoms. The fourth-order valence-corrected chi connectivity index (χ4v) is 2.86. The fraction of sp³-hybridized carbons (Fsp3) is 0.263. The van der Waals surface area contributed by atoms with Crippen molar-refractivity contribution in [2.75, 3.05) is 18.4 Å². The minimum Gasteiger partial charge on any atom is -0.459 e. The van der Waals surface area contributed by atoms with E-state index in [9.17, 15) is 9.59 Å². The maximum absolute atomic E-state index is 12.5. The van der Waals surface area contributed by atoms with Crippen molar-refractivity contribution in [3.05, 3.63) is 54.0 Å². The van der Waals surface area contributed by atoms with Crippen molar-refractivity contribution >= 4 is 17.5 Å². The van der Waals surface area contributed by atoms with Gasteiger partial charge in [-0.1, -0.05) is 12.0 Å². The van der Waals surface area contributed by atoms with Crippen LogP contribution >= 0.6 is 0 Å². The second kappa shape index (κ2) is 7.05. The highest BCUT2D eigenvalue weighted by molar-refractivity contribution is 5.95. The Balaban J connectivity index is 1.64. The molecule has 1 aromatic heterocycles. The number of benzene rings is 1. The molecule has 0 saturated carbocycles. The Morgan fingerprint density at radius 3 is 2.92 bits per heavy atom. The van der Waals surface area contributed by atoms with E-state index < -0.39 is 0 Å². The molecule has 1 fully saturated rings. The quantitative estimate of drug-likeness (QED) is 0.884. The minimum absolute atomic E-state index is 0.0962. The van der Waals surface area contributed by atoms with Crippen molar-refractivity contribution in [1.29, 1.82) is 0 Å². The Morgan fingerprint density at radius 2 is 2.17 bits per heavy atom. The number of hydrogen-bond acceptors (Lipinski definition) is 3. The molecule has 0 aliphatic carbocycles. The van der Waals surface area contributed by atoms with Crippen LogP contribution in [-0.2, 0) is 4.79 Å². The monoisotopic (exact) mass is 322 g/mol. The molecule has 2 aromatic rings. The third-order valence-electron chi connectivity index (χ3n) is 4.11. The average Bonchev–Trinajstić information content (AvgIpc) is 3.16. The molecule has 5 nitrogen and oxygen atoms in total. The number of likely N-dealkylation sites (tertiary alicyclic amines) is 1. The third-order valence-corrected chi connectivity index (χ3v) is 4.11. The molecule has 1 N–H and O–H groups in total. The molecule has 1 aromatic carbocycles. The molecule has 0 spiro atoms. The van der Waals surface area contributed by atoms with Crippen molar-refractivity contribution in [2.24, 2.45) is 5.92 Å².